The summed E-state index contributed by atoms with van der Waals surface area (Å²) in [6, 6.07) is 0. The fraction of sp³-hybridized carbons (Fsp3) is 0.0769. The Morgan fingerprint density at radius 3 is 0.917 bits per heavy atom. The number of hydroxylamine groups is 1. The number of hydrogen-bond donors (Lipinski definition) is 0. The van der Waals surface area contributed by atoms with E-state index in [2.05, 4.69) is 29.9 Å². The molecule has 23 nitrogen and oxygen atoms in total. The van der Waals surface area contributed by atoms with Crippen LogP contribution in [0.25, 0.3) is 33.1 Å². The quantitative estimate of drug-likeness (QED) is 0.201. The maximum atomic E-state index is 11.9. The van der Waals surface area contributed by atoms with Crippen LogP contribution in [0.3, 0.4) is 0 Å². The zero-order valence-corrected chi connectivity index (χ0v) is 16.9. The Morgan fingerprint density at radius 2 is 0.694 bits per heavy atom. The maximum Gasteiger partial charge on any atom is 0.463 e. The van der Waals surface area contributed by atoms with Crippen LogP contribution in [-0.2, 0) is 0 Å². The van der Waals surface area contributed by atoms with Gasteiger partial charge in [-0.3, -0.25) is 0 Å². The van der Waals surface area contributed by atoms with Crippen molar-refractivity contribution in [2.75, 3.05) is 12.1 Å². The Balaban J connectivity index is 2.41. The molecule has 3 aromatic heterocycles. The van der Waals surface area contributed by atoms with Gasteiger partial charge < -0.3 is 60.8 Å². The van der Waals surface area contributed by atoms with E-state index in [0.717, 1.165) is 7.05 Å². The topological polar surface area (TPSA) is 319 Å². The first-order chi connectivity index (χ1) is 16.8. The molecular weight excluding hydrogens is 500 g/mol. The van der Waals surface area contributed by atoms with Crippen molar-refractivity contribution < 1.29 is 24.6 Å². The third kappa shape index (κ3) is 3.36. The lowest BCUT2D eigenvalue weighted by atomic mass is 10.2. The average molecular weight is 503 g/mol. The summed E-state index contributed by atoms with van der Waals surface area (Å²) in [5.74, 6) is -7.88. The highest BCUT2D eigenvalue weighted by Crippen LogP contribution is 2.38. The van der Waals surface area contributed by atoms with E-state index in [1.165, 1.54) is 0 Å². The lowest BCUT2D eigenvalue weighted by molar-refractivity contribution is -0.428. The highest BCUT2D eigenvalue weighted by molar-refractivity contribution is 6.19. The van der Waals surface area contributed by atoms with Crippen molar-refractivity contribution in [1.29, 1.82) is 0 Å². The van der Waals surface area contributed by atoms with E-state index in [0.29, 0.717) is 0 Å². The van der Waals surface area contributed by atoms with Crippen LogP contribution >= 0.6 is 0 Å². The monoisotopic (exact) mass is 503 g/mol. The van der Waals surface area contributed by atoms with E-state index in [1.54, 1.807) is 0 Å². The second-order valence-corrected chi connectivity index (χ2v) is 6.49. The largest absolute Gasteiger partial charge is 0.757 e. The Hall–Kier alpha value is -6.00. The average Bonchev–Trinajstić information content (AvgIpc) is 2.81. The van der Waals surface area contributed by atoms with Gasteiger partial charge in [-0.05, 0) is 56.6 Å². The van der Waals surface area contributed by atoms with Crippen molar-refractivity contribution >= 4 is 68.0 Å². The van der Waals surface area contributed by atoms with Crippen molar-refractivity contribution in [3.8, 4) is 0 Å². The molecule has 182 valence electrons. The number of aromatic nitrogens is 6. The summed E-state index contributed by atoms with van der Waals surface area (Å²) in [7, 11) is 0.791. The molecule has 0 atom stereocenters. The molecule has 0 aliphatic heterocycles. The first-order valence-corrected chi connectivity index (χ1v) is 8.73. The van der Waals surface area contributed by atoms with Gasteiger partial charge in [-0.2, -0.15) is 0 Å². The summed E-state index contributed by atoms with van der Waals surface area (Å²) in [4.78, 5) is 71.9. The Kier molecular flexibility index (Phi) is 5.02. The third-order valence-electron chi connectivity index (χ3n) is 4.42. The molecule has 0 spiro atoms. The Labute approximate surface area is 191 Å². The van der Waals surface area contributed by atoms with E-state index in [1.807, 2.05) is 0 Å². The number of rotatable bonds is 6. The minimum Gasteiger partial charge on any atom is -0.757 e. The number of benzene rings is 1. The van der Waals surface area contributed by atoms with Crippen LogP contribution in [0.5, 0.6) is 0 Å². The second kappa shape index (κ2) is 7.80. The standard InChI is InChI=1S/C13H3N12O11/c1-20(26)8-9(21(27)28)15-3-2(14-8)4-6(18-11(23(31)32)10(16-4)22(29)30)7-5(3)17-12(24(33)34)13(19-7)25(35)36/h1H3/q-1. The van der Waals surface area contributed by atoms with Crippen molar-refractivity contribution in [2.24, 2.45) is 0 Å². The van der Waals surface area contributed by atoms with Gasteiger partial charge in [0.15, 0.2) is 5.52 Å². The van der Waals surface area contributed by atoms with Gasteiger partial charge in [0.05, 0.1) is 0 Å². The predicted molar refractivity (Wildman–Crippen MR) is 111 cm³/mol. The predicted octanol–water partition coefficient (Wildman–Crippen LogP) is 0.991. The van der Waals surface area contributed by atoms with E-state index >= 15 is 0 Å². The van der Waals surface area contributed by atoms with Crippen molar-refractivity contribution in [3.05, 3.63) is 55.8 Å². The minimum atomic E-state index is -1.45. The molecule has 3 heterocycles. The number of nitrogens with zero attached hydrogens (tertiary/aromatic N) is 12. The molecule has 0 unspecified atom stereocenters. The minimum absolute atomic E-state index is 0.0994. The first-order valence-electron chi connectivity index (χ1n) is 8.73. The van der Waals surface area contributed by atoms with E-state index in [9.17, 15) is 55.8 Å². The smallest absolute Gasteiger partial charge is 0.463 e. The van der Waals surface area contributed by atoms with Crippen LogP contribution in [0.1, 0.15) is 0 Å². The van der Waals surface area contributed by atoms with Gasteiger partial charge >= 0.3 is 29.1 Å². The Morgan fingerprint density at radius 1 is 0.472 bits per heavy atom. The first kappa shape index (κ1) is 23.2. The van der Waals surface area contributed by atoms with Gasteiger partial charge in [-0.25, -0.2) is 4.98 Å². The number of nitro groups is 5. The Bertz CT molecular complexity index is 1670. The molecule has 4 rings (SSSR count). The molecule has 0 radical (unpaired) electrons. The van der Waals surface area contributed by atoms with Gasteiger partial charge in [0.25, 0.3) is 27.6 Å². The lowest BCUT2D eigenvalue weighted by Gasteiger charge is -2.21. The molecule has 0 amide bonds. The fourth-order valence-electron chi connectivity index (χ4n) is 3.07. The van der Waals surface area contributed by atoms with Crippen molar-refractivity contribution in [2.45, 2.75) is 0 Å². The van der Waals surface area contributed by atoms with Crippen LogP contribution < -0.4 is 5.06 Å². The molecule has 0 bridgehead atoms. The van der Waals surface area contributed by atoms with Crippen LogP contribution in [0.15, 0.2) is 0 Å². The molecule has 0 aliphatic rings. The number of anilines is 1. The van der Waals surface area contributed by atoms with Gasteiger partial charge in [-0.1, -0.05) is 0 Å². The van der Waals surface area contributed by atoms with E-state index in [-0.39, 0.29) is 5.06 Å². The summed E-state index contributed by atoms with van der Waals surface area (Å²) in [6.07, 6.45) is 0. The fourth-order valence-corrected chi connectivity index (χ4v) is 3.07. The number of fused-ring (bicyclic) bond motifs is 6. The number of hydrogen-bond acceptors (Lipinski definition) is 18. The van der Waals surface area contributed by atoms with Crippen molar-refractivity contribution in [3.63, 3.8) is 0 Å². The highest BCUT2D eigenvalue weighted by Gasteiger charge is 2.41. The molecular formula is C13H3N12O11-. The second-order valence-electron chi connectivity index (χ2n) is 6.49. The van der Waals surface area contributed by atoms with Gasteiger partial charge in [0.2, 0.25) is 5.82 Å². The third-order valence-corrected chi connectivity index (χ3v) is 4.42. The van der Waals surface area contributed by atoms with Gasteiger partial charge in [0.1, 0.15) is 0 Å². The summed E-state index contributed by atoms with van der Waals surface area (Å²) in [6.45, 7) is 0. The molecule has 0 saturated heterocycles. The maximum absolute atomic E-state index is 11.9. The lowest BCUT2D eigenvalue weighted by Crippen LogP contribution is -2.13. The van der Waals surface area contributed by atoms with Gasteiger partial charge in [-0.15, -0.1) is 0 Å². The SMILES string of the molecule is CN([O-])c1nc2c(nc1[N+](=O)[O-])c1nc([N+](=O)[O-])c([N+](=O)[O-])nc1c1nc([N+](=O)[O-])c([N+](=O)[O-])nc21. The summed E-state index contributed by atoms with van der Waals surface area (Å²) in [5, 5.41) is 68.7. The summed E-state index contributed by atoms with van der Waals surface area (Å²) >= 11 is 0. The molecule has 0 saturated carbocycles. The zero-order chi connectivity index (χ0) is 26.6. The molecule has 0 aliphatic carbocycles. The van der Waals surface area contributed by atoms with E-state index in [4.69, 9.17) is 0 Å². The molecule has 1 aromatic carbocycles. The van der Waals surface area contributed by atoms with Gasteiger partial charge in [0, 0.05) is 0 Å². The summed E-state index contributed by atoms with van der Waals surface area (Å²) < 4.78 is 0. The van der Waals surface area contributed by atoms with E-state index < -0.39 is 92.6 Å². The summed E-state index contributed by atoms with van der Waals surface area (Å²) in [5.41, 5.74) is -4.50. The van der Waals surface area contributed by atoms with Crippen LogP contribution in [0, 0.1) is 55.8 Å². The molecule has 23 heteroatoms. The normalized spacial score (nSPS) is 11.1. The molecule has 4 aromatic rings. The molecule has 36 heavy (non-hydrogen) atoms. The van der Waals surface area contributed by atoms with Crippen molar-refractivity contribution in [1.82, 2.24) is 29.9 Å². The van der Waals surface area contributed by atoms with Crippen LogP contribution in [-0.4, -0.2) is 61.6 Å². The molecule has 0 N–H and O–H groups in total. The molecule has 0 fully saturated rings. The highest BCUT2D eigenvalue weighted by atomic mass is 16.7. The van der Waals surface area contributed by atoms with Crippen LogP contribution in [0.2, 0.25) is 0 Å². The zero-order valence-electron chi connectivity index (χ0n) is 16.9. The van der Waals surface area contributed by atoms with Crippen LogP contribution in [0.4, 0.5) is 34.9 Å².